The number of halogens is 3. The molecule has 0 bridgehead atoms. The summed E-state index contributed by atoms with van der Waals surface area (Å²) in [5, 5.41) is 7.96. The highest BCUT2D eigenvalue weighted by Gasteiger charge is 2.32. The number of ether oxygens (including phenoxy) is 2. The van der Waals surface area contributed by atoms with Crippen LogP contribution in [0, 0.1) is 0 Å². The van der Waals surface area contributed by atoms with Crippen molar-refractivity contribution in [3.05, 3.63) is 77.4 Å². The first kappa shape index (κ1) is 25.5. The van der Waals surface area contributed by atoms with E-state index in [9.17, 15) is 27.6 Å². The molecule has 0 saturated heterocycles. The van der Waals surface area contributed by atoms with Gasteiger partial charge in [-0.2, -0.15) is 0 Å². The molecule has 0 aliphatic carbocycles. The minimum Gasteiger partial charge on any atom is -0.482 e. The fraction of sp³-hybridized carbons (Fsp3) is 0.160. The van der Waals surface area contributed by atoms with Gasteiger partial charge in [0.25, 0.3) is 17.7 Å². The third-order valence-corrected chi connectivity index (χ3v) is 5.69. The van der Waals surface area contributed by atoms with Crippen molar-refractivity contribution in [2.24, 2.45) is 0 Å². The number of rotatable bonds is 7. The Morgan fingerprint density at radius 2 is 1.85 bits per heavy atom. The molecule has 4 aromatic rings. The Balaban J connectivity index is 1.27. The van der Waals surface area contributed by atoms with Crippen molar-refractivity contribution in [1.82, 2.24) is 25.6 Å². The number of nitrogens with zero attached hydrogens (tertiary/aromatic N) is 2. The molecule has 0 fully saturated rings. The van der Waals surface area contributed by atoms with Crippen LogP contribution in [-0.2, 0) is 17.9 Å². The number of hydrogen-bond donors (Lipinski definition) is 4. The van der Waals surface area contributed by atoms with Gasteiger partial charge >= 0.3 is 6.36 Å². The van der Waals surface area contributed by atoms with Gasteiger partial charge < -0.3 is 30.4 Å². The third-order valence-electron chi connectivity index (χ3n) is 5.69. The number of para-hydroxylation sites is 1. The predicted octanol–water partition coefficient (Wildman–Crippen LogP) is 3.05. The number of aromatic nitrogens is 3. The average Bonchev–Trinajstić information content (AvgIpc) is 3.34. The van der Waals surface area contributed by atoms with E-state index in [4.69, 9.17) is 4.74 Å². The van der Waals surface area contributed by atoms with Crippen LogP contribution in [0.3, 0.4) is 0 Å². The first-order valence-electron chi connectivity index (χ1n) is 11.5. The van der Waals surface area contributed by atoms with Crippen LogP contribution in [0.25, 0.3) is 11.0 Å². The van der Waals surface area contributed by atoms with Crippen LogP contribution in [0.15, 0.2) is 55.0 Å². The SMILES string of the molecule is O=C1COc2ccc(CNC(=O)c3ncnc4c(C(=O)NCc5ccccc5OC(F)(F)F)c[nH]c34)cc2N1. The second kappa shape index (κ2) is 10.3. The molecule has 2 aromatic carbocycles. The predicted molar refractivity (Wildman–Crippen MR) is 130 cm³/mol. The van der Waals surface area contributed by atoms with Gasteiger partial charge in [-0.05, 0) is 23.8 Å². The van der Waals surface area contributed by atoms with Gasteiger partial charge in [0.05, 0.1) is 16.8 Å². The number of H-pyrrole nitrogens is 1. The Kier molecular flexibility index (Phi) is 6.75. The third kappa shape index (κ3) is 5.74. The average molecular weight is 540 g/mol. The number of aromatic amines is 1. The zero-order valence-electron chi connectivity index (χ0n) is 19.9. The molecule has 11 nitrogen and oxygen atoms in total. The van der Waals surface area contributed by atoms with Crippen molar-refractivity contribution in [2.75, 3.05) is 11.9 Å². The molecular formula is C25H19F3N6O5. The molecule has 3 amide bonds. The minimum atomic E-state index is -4.88. The van der Waals surface area contributed by atoms with Crippen molar-refractivity contribution in [3.63, 3.8) is 0 Å². The van der Waals surface area contributed by atoms with Crippen LogP contribution in [0.1, 0.15) is 32.0 Å². The van der Waals surface area contributed by atoms with Crippen molar-refractivity contribution < 1.29 is 37.0 Å². The number of hydrogen-bond acceptors (Lipinski definition) is 7. The Labute approximate surface area is 217 Å². The van der Waals surface area contributed by atoms with Crippen LogP contribution < -0.4 is 25.4 Å². The van der Waals surface area contributed by atoms with E-state index in [0.717, 1.165) is 12.4 Å². The Hall–Kier alpha value is -5.14. The number of alkyl halides is 3. The summed E-state index contributed by atoms with van der Waals surface area (Å²) in [7, 11) is 0. The number of fused-ring (bicyclic) bond motifs is 2. The molecular weight excluding hydrogens is 521 g/mol. The van der Waals surface area contributed by atoms with Gasteiger partial charge in [0.1, 0.15) is 23.3 Å². The summed E-state index contributed by atoms with van der Waals surface area (Å²) in [6.07, 6.45) is -2.43. The van der Waals surface area contributed by atoms with Gasteiger partial charge in [-0.15, -0.1) is 13.2 Å². The maximum Gasteiger partial charge on any atom is 0.573 e. The van der Waals surface area contributed by atoms with E-state index < -0.39 is 23.9 Å². The summed E-state index contributed by atoms with van der Waals surface area (Å²) in [6.45, 7) is -0.202. The van der Waals surface area contributed by atoms with Gasteiger partial charge in [-0.3, -0.25) is 14.4 Å². The summed E-state index contributed by atoms with van der Waals surface area (Å²) < 4.78 is 47.3. The quantitative estimate of drug-likeness (QED) is 0.282. The van der Waals surface area contributed by atoms with Crippen molar-refractivity contribution in [2.45, 2.75) is 19.5 Å². The normalized spacial score (nSPS) is 12.7. The van der Waals surface area contributed by atoms with Crippen molar-refractivity contribution in [1.29, 1.82) is 0 Å². The van der Waals surface area contributed by atoms with E-state index >= 15 is 0 Å². The van der Waals surface area contributed by atoms with E-state index in [1.807, 2.05) is 0 Å². The largest absolute Gasteiger partial charge is 0.573 e. The summed E-state index contributed by atoms with van der Waals surface area (Å²) in [5.41, 5.74) is 1.72. The lowest BCUT2D eigenvalue weighted by molar-refractivity contribution is -0.274. The zero-order valence-corrected chi connectivity index (χ0v) is 19.9. The van der Waals surface area contributed by atoms with Crippen molar-refractivity contribution in [3.8, 4) is 11.5 Å². The number of anilines is 1. The van der Waals surface area contributed by atoms with Gasteiger partial charge in [-0.25, -0.2) is 9.97 Å². The molecule has 2 aromatic heterocycles. The highest BCUT2D eigenvalue weighted by atomic mass is 19.4. The lowest BCUT2D eigenvalue weighted by Gasteiger charge is -2.18. The topological polar surface area (TPSA) is 147 Å². The first-order valence-corrected chi connectivity index (χ1v) is 11.5. The Bertz CT molecular complexity index is 1590. The monoisotopic (exact) mass is 540 g/mol. The number of benzene rings is 2. The van der Waals surface area contributed by atoms with Gasteiger partial charge in [0, 0.05) is 24.8 Å². The first-order chi connectivity index (χ1) is 18.7. The summed E-state index contributed by atoms with van der Waals surface area (Å²) in [5.74, 6) is -1.37. The van der Waals surface area contributed by atoms with E-state index in [-0.39, 0.29) is 53.5 Å². The molecule has 14 heteroatoms. The minimum absolute atomic E-state index is 0.0161. The van der Waals surface area contributed by atoms with E-state index in [2.05, 4.69) is 35.6 Å². The van der Waals surface area contributed by atoms with Crippen molar-refractivity contribution >= 4 is 34.4 Å². The molecule has 0 radical (unpaired) electrons. The molecule has 1 aliphatic heterocycles. The highest BCUT2D eigenvalue weighted by Crippen LogP contribution is 2.29. The second-order valence-corrected chi connectivity index (χ2v) is 8.34. The van der Waals surface area contributed by atoms with Gasteiger partial charge in [-0.1, -0.05) is 24.3 Å². The highest BCUT2D eigenvalue weighted by molar-refractivity contribution is 6.10. The zero-order chi connectivity index (χ0) is 27.6. The summed E-state index contributed by atoms with van der Waals surface area (Å²) in [6, 6.07) is 10.5. The lowest BCUT2D eigenvalue weighted by Crippen LogP contribution is -2.26. The molecule has 0 spiro atoms. The van der Waals surface area contributed by atoms with E-state index in [1.54, 1.807) is 18.2 Å². The van der Waals surface area contributed by atoms with Gasteiger partial charge in [0.2, 0.25) is 0 Å². The van der Waals surface area contributed by atoms with E-state index in [1.165, 1.54) is 24.4 Å². The molecule has 0 unspecified atom stereocenters. The molecule has 5 rings (SSSR count). The molecule has 1 aliphatic rings. The molecule has 0 saturated carbocycles. The standard InChI is InChI=1S/C25H19F3N6O5/c26-25(27,28)39-17-4-2-1-3-14(17)9-31-23(36)15-10-29-21-20(15)32-12-33-22(21)24(37)30-8-13-5-6-18-16(7-13)34-19(35)11-38-18/h1-7,10,12,29H,8-9,11H2,(H,30,37)(H,31,36)(H,34,35). The van der Waals surface area contributed by atoms with Gasteiger partial charge in [0.15, 0.2) is 12.3 Å². The summed E-state index contributed by atoms with van der Waals surface area (Å²) in [4.78, 5) is 48.2. The summed E-state index contributed by atoms with van der Waals surface area (Å²) >= 11 is 0. The Morgan fingerprint density at radius 3 is 2.67 bits per heavy atom. The van der Waals surface area contributed by atoms with E-state index in [0.29, 0.717) is 17.0 Å². The fourth-order valence-electron chi connectivity index (χ4n) is 3.94. The fourth-order valence-corrected chi connectivity index (χ4v) is 3.94. The van der Waals surface area contributed by atoms with Crippen LogP contribution in [0.4, 0.5) is 18.9 Å². The molecule has 3 heterocycles. The number of carbonyl (C=O) groups excluding carboxylic acids is 3. The van der Waals surface area contributed by atoms with Crippen LogP contribution in [-0.4, -0.2) is 45.6 Å². The molecule has 0 atom stereocenters. The number of amides is 3. The number of nitrogens with one attached hydrogen (secondary N) is 4. The van der Waals surface area contributed by atoms with Crippen LogP contribution >= 0.6 is 0 Å². The Morgan fingerprint density at radius 1 is 1.05 bits per heavy atom. The molecule has 39 heavy (non-hydrogen) atoms. The number of carbonyl (C=O) groups is 3. The molecule has 200 valence electrons. The maximum absolute atomic E-state index is 12.9. The van der Waals surface area contributed by atoms with Crippen LogP contribution in [0.5, 0.6) is 11.5 Å². The molecule has 4 N–H and O–H groups in total. The maximum atomic E-state index is 12.9. The van der Waals surface area contributed by atoms with Crippen LogP contribution in [0.2, 0.25) is 0 Å². The second-order valence-electron chi connectivity index (χ2n) is 8.34. The lowest BCUT2D eigenvalue weighted by atomic mass is 10.1. The smallest absolute Gasteiger partial charge is 0.482 e.